The molecule has 0 amide bonds. The summed E-state index contributed by atoms with van der Waals surface area (Å²) in [6, 6.07) is 0.700. The van der Waals surface area contributed by atoms with Gasteiger partial charge < -0.3 is 15.7 Å². The molecule has 2 rings (SSSR count). The van der Waals surface area contributed by atoms with E-state index < -0.39 is 0 Å². The minimum atomic E-state index is -0.141. The highest BCUT2D eigenvalue weighted by Crippen LogP contribution is 2.26. The molecule has 4 atom stereocenters. The van der Waals surface area contributed by atoms with Crippen LogP contribution in [0.4, 0.5) is 0 Å². The zero-order valence-electron chi connectivity index (χ0n) is 10.4. The summed E-state index contributed by atoms with van der Waals surface area (Å²) in [5.41, 5.74) is 0. The molecule has 0 aromatic rings. The van der Waals surface area contributed by atoms with Crippen molar-refractivity contribution >= 4 is 0 Å². The van der Waals surface area contributed by atoms with Crippen LogP contribution in [0.1, 0.15) is 39.0 Å². The molecule has 1 aliphatic carbocycles. The van der Waals surface area contributed by atoms with Crippen molar-refractivity contribution in [1.29, 1.82) is 0 Å². The highest BCUT2D eigenvalue weighted by Gasteiger charge is 2.26. The number of rotatable bonds is 4. The summed E-state index contributed by atoms with van der Waals surface area (Å²) in [6.45, 7) is 5.03. The van der Waals surface area contributed by atoms with Crippen LogP contribution in [0.15, 0.2) is 0 Å². The quantitative estimate of drug-likeness (QED) is 0.673. The third-order valence-electron chi connectivity index (χ3n) is 4.33. The first-order valence-corrected chi connectivity index (χ1v) is 6.91. The van der Waals surface area contributed by atoms with Gasteiger partial charge in [0.05, 0.1) is 6.10 Å². The molecule has 94 valence electrons. The summed E-state index contributed by atoms with van der Waals surface area (Å²) in [4.78, 5) is 0. The normalized spacial score (nSPS) is 40.1. The van der Waals surface area contributed by atoms with Crippen molar-refractivity contribution in [2.45, 2.75) is 51.2 Å². The molecule has 2 aliphatic rings. The van der Waals surface area contributed by atoms with Crippen LogP contribution in [0, 0.1) is 11.8 Å². The van der Waals surface area contributed by atoms with Gasteiger partial charge in [0.15, 0.2) is 0 Å². The Bertz CT molecular complexity index is 210. The topological polar surface area (TPSA) is 44.3 Å². The monoisotopic (exact) mass is 226 g/mol. The second kappa shape index (κ2) is 5.99. The smallest absolute Gasteiger partial charge is 0.0716 e. The van der Waals surface area contributed by atoms with Gasteiger partial charge in [0.2, 0.25) is 0 Å². The van der Waals surface area contributed by atoms with Gasteiger partial charge in [-0.05, 0) is 18.8 Å². The highest BCUT2D eigenvalue weighted by atomic mass is 16.3. The molecular formula is C13H26N2O. The average molecular weight is 226 g/mol. The van der Waals surface area contributed by atoms with E-state index in [1.807, 2.05) is 0 Å². The van der Waals surface area contributed by atoms with Gasteiger partial charge in [-0.3, -0.25) is 0 Å². The number of aliphatic hydroxyl groups is 1. The van der Waals surface area contributed by atoms with Crippen molar-refractivity contribution in [3.63, 3.8) is 0 Å². The SMILES string of the molecule is CCC1CCCC(NCC2CNCC2O)C1. The molecule has 0 aromatic carbocycles. The molecule has 0 aromatic heterocycles. The fourth-order valence-corrected chi connectivity index (χ4v) is 3.09. The number of β-amino-alcohol motifs (C(OH)–C–C–N with tert-alkyl or cyclic N) is 1. The fraction of sp³-hybridized carbons (Fsp3) is 1.00. The Morgan fingerprint density at radius 3 is 2.88 bits per heavy atom. The third-order valence-corrected chi connectivity index (χ3v) is 4.33. The molecule has 1 aliphatic heterocycles. The van der Waals surface area contributed by atoms with Gasteiger partial charge in [0, 0.05) is 31.6 Å². The Labute approximate surface area is 99.0 Å². The maximum atomic E-state index is 9.71. The highest BCUT2D eigenvalue weighted by molar-refractivity contribution is 4.84. The Morgan fingerprint density at radius 1 is 1.31 bits per heavy atom. The van der Waals surface area contributed by atoms with E-state index >= 15 is 0 Å². The van der Waals surface area contributed by atoms with E-state index in [2.05, 4.69) is 17.6 Å². The molecule has 0 bridgehead atoms. The summed E-state index contributed by atoms with van der Waals surface area (Å²) < 4.78 is 0. The van der Waals surface area contributed by atoms with Crippen molar-refractivity contribution in [3.05, 3.63) is 0 Å². The molecular weight excluding hydrogens is 200 g/mol. The minimum absolute atomic E-state index is 0.141. The summed E-state index contributed by atoms with van der Waals surface area (Å²) >= 11 is 0. The summed E-state index contributed by atoms with van der Waals surface area (Å²) in [6.07, 6.45) is 6.65. The largest absolute Gasteiger partial charge is 0.391 e. The van der Waals surface area contributed by atoms with Crippen molar-refractivity contribution in [3.8, 4) is 0 Å². The Balaban J connectivity index is 1.68. The standard InChI is InChI=1S/C13H26N2O/c1-2-10-4-3-5-12(6-10)15-8-11-7-14-9-13(11)16/h10-16H,2-9H2,1H3. The molecule has 4 unspecified atom stereocenters. The average Bonchev–Trinajstić information content (AvgIpc) is 2.72. The van der Waals surface area contributed by atoms with Crippen LogP contribution in [0.3, 0.4) is 0 Å². The third kappa shape index (κ3) is 3.19. The minimum Gasteiger partial charge on any atom is -0.391 e. The zero-order chi connectivity index (χ0) is 11.4. The molecule has 0 spiro atoms. The lowest BCUT2D eigenvalue weighted by Crippen LogP contribution is -2.39. The van der Waals surface area contributed by atoms with Crippen molar-refractivity contribution < 1.29 is 5.11 Å². The second-order valence-corrected chi connectivity index (χ2v) is 5.53. The first kappa shape index (κ1) is 12.3. The number of hydrogen-bond donors (Lipinski definition) is 3. The van der Waals surface area contributed by atoms with Crippen LogP contribution in [0.5, 0.6) is 0 Å². The van der Waals surface area contributed by atoms with Crippen LogP contribution in [-0.2, 0) is 0 Å². The Kier molecular flexibility index (Phi) is 4.62. The molecule has 2 fully saturated rings. The predicted molar refractivity (Wildman–Crippen MR) is 66.4 cm³/mol. The maximum Gasteiger partial charge on any atom is 0.0716 e. The van der Waals surface area contributed by atoms with Gasteiger partial charge in [-0.25, -0.2) is 0 Å². The Hall–Kier alpha value is -0.120. The van der Waals surface area contributed by atoms with Crippen molar-refractivity contribution in [1.82, 2.24) is 10.6 Å². The molecule has 1 saturated carbocycles. The molecule has 1 saturated heterocycles. The van der Waals surface area contributed by atoms with E-state index in [9.17, 15) is 5.11 Å². The van der Waals surface area contributed by atoms with Crippen LogP contribution in [0.2, 0.25) is 0 Å². The molecule has 1 heterocycles. The summed E-state index contributed by atoms with van der Waals surface area (Å²) in [5.74, 6) is 1.35. The molecule has 3 nitrogen and oxygen atoms in total. The maximum absolute atomic E-state index is 9.71. The molecule has 3 N–H and O–H groups in total. The van der Waals surface area contributed by atoms with Crippen LogP contribution in [0.25, 0.3) is 0 Å². The molecule has 3 heteroatoms. The zero-order valence-corrected chi connectivity index (χ0v) is 10.4. The first-order chi connectivity index (χ1) is 7.79. The van der Waals surface area contributed by atoms with E-state index in [1.54, 1.807) is 0 Å². The molecule has 16 heavy (non-hydrogen) atoms. The summed E-state index contributed by atoms with van der Waals surface area (Å²) in [7, 11) is 0. The van der Waals surface area contributed by atoms with Crippen LogP contribution < -0.4 is 10.6 Å². The fourth-order valence-electron chi connectivity index (χ4n) is 3.09. The van der Waals surface area contributed by atoms with Gasteiger partial charge in [0.25, 0.3) is 0 Å². The van der Waals surface area contributed by atoms with Crippen molar-refractivity contribution in [2.24, 2.45) is 11.8 Å². The Morgan fingerprint density at radius 2 is 2.19 bits per heavy atom. The van der Waals surface area contributed by atoms with E-state index in [1.165, 1.54) is 32.1 Å². The lowest BCUT2D eigenvalue weighted by molar-refractivity contribution is 0.141. The second-order valence-electron chi connectivity index (χ2n) is 5.53. The van der Waals surface area contributed by atoms with E-state index in [-0.39, 0.29) is 6.10 Å². The number of nitrogens with one attached hydrogen (secondary N) is 2. The number of hydrogen-bond acceptors (Lipinski definition) is 3. The van der Waals surface area contributed by atoms with Gasteiger partial charge >= 0.3 is 0 Å². The van der Waals surface area contributed by atoms with E-state index in [4.69, 9.17) is 0 Å². The van der Waals surface area contributed by atoms with Crippen molar-refractivity contribution in [2.75, 3.05) is 19.6 Å². The first-order valence-electron chi connectivity index (χ1n) is 6.91. The van der Waals surface area contributed by atoms with Gasteiger partial charge in [-0.1, -0.05) is 26.2 Å². The summed E-state index contributed by atoms with van der Waals surface area (Å²) in [5, 5.41) is 16.6. The lowest BCUT2D eigenvalue weighted by Gasteiger charge is -2.30. The van der Waals surface area contributed by atoms with E-state index in [0.717, 1.165) is 25.6 Å². The van der Waals surface area contributed by atoms with Gasteiger partial charge in [-0.15, -0.1) is 0 Å². The van der Waals surface area contributed by atoms with Crippen LogP contribution >= 0.6 is 0 Å². The number of aliphatic hydroxyl groups excluding tert-OH is 1. The van der Waals surface area contributed by atoms with Crippen LogP contribution in [-0.4, -0.2) is 36.9 Å². The van der Waals surface area contributed by atoms with Gasteiger partial charge in [-0.2, -0.15) is 0 Å². The predicted octanol–water partition coefficient (Wildman–Crippen LogP) is 1.13. The van der Waals surface area contributed by atoms with Gasteiger partial charge in [0.1, 0.15) is 0 Å². The lowest BCUT2D eigenvalue weighted by atomic mass is 9.84. The molecule has 0 radical (unpaired) electrons. The van der Waals surface area contributed by atoms with E-state index in [0.29, 0.717) is 12.0 Å².